The molecule has 4 heterocycles. The van der Waals surface area contributed by atoms with Gasteiger partial charge in [-0.1, -0.05) is 5.16 Å². The lowest BCUT2D eigenvalue weighted by atomic mass is 9.96. The maximum atomic E-state index is 5.56. The average molecular weight is 328 g/mol. The zero-order valence-corrected chi connectivity index (χ0v) is 14.4. The number of aromatic nitrogens is 3. The topological polar surface area (TPSA) is 64.3 Å². The van der Waals surface area contributed by atoms with Crippen molar-refractivity contribution in [1.29, 1.82) is 0 Å². The zero-order valence-electron chi connectivity index (χ0n) is 14.4. The minimum absolute atomic E-state index is 0.441. The molecule has 4 rings (SSSR count). The number of hydrogen-bond donors (Lipinski definition) is 0. The van der Waals surface area contributed by atoms with Crippen LogP contribution in [0.4, 0.5) is 0 Å². The van der Waals surface area contributed by atoms with Crippen LogP contribution in [0.1, 0.15) is 46.3 Å². The quantitative estimate of drug-likeness (QED) is 0.860. The maximum absolute atomic E-state index is 5.56. The van der Waals surface area contributed by atoms with Gasteiger partial charge < -0.3 is 9.26 Å². The Morgan fingerprint density at radius 2 is 2.08 bits per heavy atom. The van der Waals surface area contributed by atoms with E-state index in [2.05, 4.69) is 20.0 Å². The molecule has 0 spiro atoms. The average Bonchev–Trinajstić information content (AvgIpc) is 3.17. The molecule has 2 aliphatic heterocycles. The van der Waals surface area contributed by atoms with Gasteiger partial charge in [0, 0.05) is 49.8 Å². The SMILES string of the molecule is Cc1noc(C)c1CN1CCc2ncnc(C3CCOC3)c2CC1. The summed E-state index contributed by atoms with van der Waals surface area (Å²) >= 11 is 0. The molecule has 24 heavy (non-hydrogen) atoms. The van der Waals surface area contributed by atoms with E-state index < -0.39 is 0 Å². The zero-order chi connectivity index (χ0) is 16.5. The molecule has 2 aromatic heterocycles. The molecular weight excluding hydrogens is 304 g/mol. The van der Waals surface area contributed by atoms with Gasteiger partial charge in [0.25, 0.3) is 0 Å². The second-order valence-electron chi connectivity index (χ2n) is 6.82. The first-order valence-electron chi connectivity index (χ1n) is 8.77. The summed E-state index contributed by atoms with van der Waals surface area (Å²) in [5.74, 6) is 1.37. The molecule has 0 amide bonds. The van der Waals surface area contributed by atoms with Crippen molar-refractivity contribution in [3.8, 4) is 0 Å². The maximum Gasteiger partial charge on any atom is 0.138 e. The Bertz CT molecular complexity index is 702. The van der Waals surface area contributed by atoms with Gasteiger partial charge in [-0.3, -0.25) is 4.90 Å². The summed E-state index contributed by atoms with van der Waals surface area (Å²) in [5.41, 5.74) is 6.01. The van der Waals surface area contributed by atoms with E-state index >= 15 is 0 Å². The molecule has 0 radical (unpaired) electrons. The van der Waals surface area contributed by atoms with Crippen molar-refractivity contribution in [2.24, 2.45) is 0 Å². The van der Waals surface area contributed by atoms with Crippen LogP contribution in [0.25, 0.3) is 0 Å². The minimum atomic E-state index is 0.441. The first kappa shape index (κ1) is 15.7. The second-order valence-corrected chi connectivity index (χ2v) is 6.82. The van der Waals surface area contributed by atoms with Crippen molar-refractivity contribution < 1.29 is 9.26 Å². The van der Waals surface area contributed by atoms with Crippen LogP contribution in [-0.4, -0.2) is 46.3 Å². The monoisotopic (exact) mass is 328 g/mol. The van der Waals surface area contributed by atoms with Gasteiger partial charge in [0.2, 0.25) is 0 Å². The van der Waals surface area contributed by atoms with Crippen LogP contribution in [0, 0.1) is 13.8 Å². The molecule has 0 saturated carbocycles. The second kappa shape index (κ2) is 6.61. The summed E-state index contributed by atoms with van der Waals surface area (Å²) in [6.45, 7) is 8.58. The Hall–Kier alpha value is -1.79. The molecule has 128 valence electrons. The summed E-state index contributed by atoms with van der Waals surface area (Å²) in [4.78, 5) is 11.7. The van der Waals surface area contributed by atoms with Crippen molar-refractivity contribution in [2.75, 3.05) is 26.3 Å². The van der Waals surface area contributed by atoms with E-state index in [1.54, 1.807) is 6.33 Å². The van der Waals surface area contributed by atoms with Crippen molar-refractivity contribution in [1.82, 2.24) is 20.0 Å². The van der Waals surface area contributed by atoms with Crippen molar-refractivity contribution in [3.63, 3.8) is 0 Å². The van der Waals surface area contributed by atoms with Gasteiger partial charge in [-0.15, -0.1) is 0 Å². The summed E-state index contributed by atoms with van der Waals surface area (Å²) in [6.07, 6.45) is 4.79. The van der Waals surface area contributed by atoms with Gasteiger partial charge in [0.15, 0.2) is 0 Å². The molecule has 2 aliphatic rings. The van der Waals surface area contributed by atoms with Gasteiger partial charge in [0.1, 0.15) is 12.1 Å². The summed E-state index contributed by atoms with van der Waals surface area (Å²) < 4.78 is 10.9. The van der Waals surface area contributed by atoms with Crippen molar-refractivity contribution in [3.05, 3.63) is 40.3 Å². The van der Waals surface area contributed by atoms with E-state index in [1.807, 2.05) is 13.8 Å². The van der Waals surface area contributed by atoms with Crippen LogP contribution in [-0.2, 0) is 24.1 Å². The Morgan fingerprint density at radius 1 is 1.21 bits per heavy atom. The van der Waals surface area contributed by atoms with Crippen LogP contribution in [0.15, 0.2) is 10.9 Å². The van der Waals surface area contributed by atoms with Crippen LogP contribution >= 0.6 is 0 Å². The molecule has 1 saturated heterocycles. The Kier molecular flexibility index (Phi) is 4.33. The minimum Gasteiger partial charge on any atom is -0.381 e. The molecule has 0 N–H and O–H groups in total. The van der Waals surface area contributed by atoms with Gasteiger partial charge >= 0.3 is 0 Å². The fourth-order valence-electron chi connectivity index (χ4n) is 3.81. The normalized spacial score (nSPS) is 21.7. The number of hydrogen-bond acceptors (Lipinski definition) is 6. The van der Waals surface area contributed by atoms with Crippen LogP contribution in [0.5, 0.6) is 0 Å². The van der Waals surface area contributed by atoms with Crippen molar-refractivity contribution >= 4 is 0 Å². The number of nitrogens with zero attached hydrogens (tertiary/aromatic N) is 4. The van der Waals surface area contributed by atoms with E-state index in [-0.39, 0.29) is 0 Å². The van der Waals surface area contributed by atoms with Gasteiger partial charge in [-0.25, -0.2) is 9.97 Å². The molecule has 6 nitrogen and oxygen atoms in total. The molecule has 2 aromatic rings. The molecule has 0 aromatic carbocycles. The van der Waals surface area contributed by atoms with Gasteiger partial charge in [0.05, 0.1) is 18.0 Å². The van der Waals surface area contributed by atoms with Crippen LogP contribution in [0.3, 0.4) is 0 Å². The van der Waals surface area contributed by atoms with E-state index in [1.165, 1.54) is 22.5 Å². The third-order valence-electron chi connectivity index (χ3n) is 5.29. The molecule has 1 atom stereocenters. The Labute approximate surface area is 142 Å². The third-order valence-corrected chi connectivity index (χ3v) is 5.29. The molecule has 1 unspecified atom stereocenters. The highest BCUT2D eigenvalue weighted by molar-refractivity contribution is 5.30. The van der Waals surface area contributed by atoms with E-state index in [9.17, 15) is 0 Å². The van der Waals surface area contributed by atoms with Gasteiger partial charge in [-0.05, 0) is 32.3 Å². The lowest BCUT2D eigenvalue weighted by molar-refractivity contribution is 0.193. The number of rotatable bonds is 3. The number of ether oxygens (including phenoxy) is 1. The molecule has 0 aliphatic carbocycles. The highest BCUT2D eigenvalue weighted by Gasteiger charge is 2.26. The number of fused-ring (bicyclic) bond motifs is 1. The Balaban J connectivity index is 1.52. The van der Waals surface area contributed by atoms with Crippen LogP contribution in [0.2, 0.25) is 0 Å². The van der Waals surface area contributed by atoms with Crippen LogP contribution < -0.4 is 0 Å². The fraction of sp³-hybridized carbons (Fsp3) is 0.611. The largest absolute Gasteiger partial charge is 0.381 e. The third kappa shape index (κ3) is 2.96. The van der Waals surface area contributed by atoms with E-state index in [0.717, 1.165) is 63.6 Å². The van der Waals surface area contributed by atoms with E-state index in [4.69, 9.17) is 9.26 Å². The molecule has 0 bridgehead atoms. The predicted molar refractivity (Wildman–Crippen MR) is 88.9 cm³/mol. The summed E-state index contributed by atoms with van der Waals surface area (Å²) in [5, 5.41) is 4.07. The number of aryl methyl sites for hydroxylation is 2. The lowest BCUT2D eigenvalue weighted by Crippen LogP contribution is -2.26. The standard InChI is InChI=1S/C18H24N4O2/c1-12-16(13(2)24-21-12)9-22-6-3-15-17(4-7-22)19-11-20-18(15)14-5-8-23-10-14/h11,14H,3-10H2,1-2H3. The molecular formula is C18H24N4O2. The van der Waals surface area contributed by atoms with E-state index in [0.29, 0.717) is 5.92 Å². The van der Waals surface area contributed by atoms with Gasteiger partial charge in [-0.2, -0.15) is 0 Å². The first-order valence-corrected chi connectivity index (χ1v) is 8.77. The summed E-state index contributed by atoms with van der Waals surface area (Å²) in [7, 11) is 0. The Morgan fingerprint density at radius 3 is 2.83 bits per heavy atom. The van der Waals surface area contributed by atoms with Crippen molar-refractivity contribution in [2.45, 2.75) is 45.6 Å². The highest BCUT2D eigenvalue weighted by Crippen LogP contribution is 2.29. The lowest BCUT2D eigenvalue weighted by Gasteiger charge is -2.19. The molecule has 1 fully saturated rings. The molecule has 6 heteroatoms. The predicted octanol–water partition coefficient (Wildman–Crippen LogP) is 2.19. The first-order chi connectivity index (χ1) is 11.7. The fourth-order valence-corrected chi connectivity index (χ4v) is 3.81. The smallest absolute Gasteiger partial charge is 0.138 e. The highest BCUT2D eigenvalue weighted by atomic mass is 16.5. The summed E-state index contributed by atoms with van der Waals surface area (Å²) in [6, 6.07) is 0.